The lowest BCUT2D eigenvalue weighted by molar-refractivity contribution is 0.103. The van der Waals surface area contributed by atoms with E-state index in [1.165, 1.54) is 23.3 Å². The summed E-state index contributed by atoms with van der Waals surface area (Å²) in [6.45, 7) is 0. The van der Waals surface area contributed by atoms with Crippen molar-refractivity contribution in [3.8, 4) is 11.4 Å². The molecule has 7 heteroatoms. The van der Waals surface area contributed by atoms with Crippen molar-refractivity contribution in [2.45, 2.75) is 25.7 Å². The molecule has 1 N–H and O–H groups in total. The highest BCUT2D eigenvalue weighted by molar-refractivity contribution is 7.14. The van der Waals surface area contributed by atoms with E-state index in [4.69, 9.17) is 0 Å². The number of tetrazole rings is 1. The van der Waals surface area contributed by atoms with Gasteiger partial charge in [-0.15, -0.1) is 16.4 Å². The lowest BCUT2D eigenvalue weighted by atomic mass is 9.99. The van der Waals surface area contributed by atoms with Crippen LogP contribution in [0.25, 0.3) is 11.4 Å². The summed E-state index contributed by atoms with van der Waals surface area (Å²) in [7, 11) is 1.79. The number of hydrogen-bond donors (Lipinski definition) is 1. The highest BCUT2D eigenvalue weighted by Gasteiger charge is 2.17. The van der Waals surface area contributed by atoms with Gasteiger partial charge in [-0.25, -0.2) is 4.68 Å². The Bertz CT molecular complexity index is 875. The van der Waals surface area contributed by atoms with Crippen molar-refractivity contribution >= 4 is 22.9 Å². The van der Waals surface area contributed by atoms with Crippen LogP contribution in [-0.2, 0) is 19.9 Å². The Morgan fingerprint density at radius 3 is 2.92 bits per heavy atom. The molecule has 0 aliphatic heterocycles. The fourth-order valence-electron chi connectivity index (χ4n) is 3.01. The normalized spacial score (nSPS) is 13.5. The Morgan fingerprint density at radius 2 is 2.12 bits per heavy atom. The molecular formula is C17H17N5OS. The number of hydrogen-bond acceptors (Lipinski definition) is 5. The van der Waals surface area contributed by atoms with E-state index in [1.807, 2.05) is 30.3 Å². The number of aryl methyl sites for hydroxylation is 3. The number of carbonyl (C=O) groups excluding carboxylic acids is 1. The number of amides is 1. The van der Waals surface area contributed by atoms with Crippen molar-refractivity contribution in [3.05, 3.63) is 45.6 Å². The van der Waals surface area contributed by atoms with Crippen molar-refractivity contribution in [1.82, 2.24) is 20.2 Å². The molecule has 0 radical (unpaired) electrons. The Labute approximate surface area is 143 Å². The van der Waals surface area contributed by atoms with Crippen LogP contribution in [0.1, 0.15) is 33.0 Å². The Kier molecular flexibility index (Phi) is 3.86. The summed E-state index contributed by atoms with van der Waals surface area (Å²) in [5.41, 5.74) is 2.95. The molecule has 122 valence electrons. The molecule has 0 spiro atoms. The molecule has 1 amide bonds. The summed E-state index contributed by atoms with van der Waals surface area (Å²) in [6.07, 6.45) is 4.64. The molecule has 4 rings (SSSR count). The van der Waals surface area contributed by atoms with Gasteiger partial charge < -0.3 is 5.32 Å². The Hall–Kier alpha value is -2.54. The number of fused-ring (bicyclic) bond motifs is 1. The predicted molar refractivity (Wildman–Crippen MR) is 93.1 cm³/mol. The predicted octanol–water partition coefficient (Wildman–Crippen LogP) is 3.07. The summed E-state index contributed by atoms with van der Waals surface area (Å²) in [6, 6.07) is 9.62. The molecule has 0 fully saturated rings. The second-order valence-electron chi connectivity index (χ2n) is 5.93. The van der Waals surface area contributed by atoms with Crippen LogP contribution in [-0.4, -0.2) is 26.1 Å². The number of thiophene rings is 1. The van der Waals surface area contributed by atoms with Gasteiger partial charge >= 0.3 is 0 Å². The molecule has 2 aromatic heterocycles. The zero-order valence-corrected chi connectivity index (χ0v) is 14.1. The average molecular weight is 339 g/mol. The molecule has 24 heavy (non-hydrogen) atoms. The van der Waals surface area contributed by atoms with Gasteiger partial charge in [0.1, 0.15) is 0 Å². The minimum atomic E-state index is -0.0531. The van der Waals surface area contributed by atoms with E-state index in [1.54, 1.807) is 23.1 Å². The maximum Gasteiger partial charge on any atom is 0.265 e. The van der Waals surface area contributed by atoms with Crippen molar-refractivity contribution in [2.75, 3.05) is 5.32 Å². The maximum absolute atomic E-state index is 12.6. The van der Waals surface area contributed by atoms with Crippen LogP contribution in [0.2, 0.25) is 0 Å². The van der Waals surface area contributed by atoms with Crippen LogP contribution < -0.4 is 5.32 Å². The topological polar surface area (TPSA) is 72.7 Å². The van der Waals surface area contributed by atoms with E-state index < -0.39 is 0 Å². The lowest BCUT2D eigenvalue weighted by Gasteiger charge is -2.08. The summed E-state index contributed by atoms with van der Waals surface area (Å²) < 4.78 is 1.61. The van der Waals surface area contributed by atoms with E-state index in [9.17, 15) is 4.79 Å². The molecule has 0 unspecified atom stereocenters. The molecular weight excluding hydrogens is 322 g/mol. The van der Waals surface area contributed by atoms with Gasteiger partial charge in [0.2, 0.25) is 0 Å². The van der Waals surface area contributed by atoms with E-state index in [-0.39, 0.29) is 5.91 Å². The zero-order chi connectivity index (χ0) is 16.5. The van der Waals surface area contributed by atoms with Gasteiger partial charge in [0.25, 0.3) is 5.91 Å². The fourth-order valence-corrected chi connectivity index (χ4v) is 4.15. The molecule has 6 nitrogen and oxygen atoms in total. The smallest absolute Gasteiger partial charge is 0.265 e. The van der Waals surface area contributed by atoms with Gasteiger partial charge in [0.15, 0.2) is 5.82 Å². The second kappa shape index (κ2) is 6.16. The number of anilines is 1. The molecule has 0 saturated heterocycles. The second-order valence-corrected chi connectivity index (χ2v) is 7.06. The first-order valence-corrected chi connectivity index (χ1v) is 8.78. The third kappa shape index (κ3) is 2.82. The summed E-state index contributed by atoms with van der Waals surface area (Å²) in [5.74, 6) is 0.611. The van der Waals surface area contributed by atoms with Crippen molar-refractivity contribution < 1.29 is 4.79 Å². The van der Waals surface area contributed by atoms with E-state index >= 15 is 0 Å². The first-order chi connectivity index (χ1) is 11.7. The van der Waals surface area contributed by atoms with Gasteiger partial charge in [-0.3, -0.25) is 4.79 Å². The number of rotatable bonds is 3. The van der Waals surface area contributed by atoms with Gasteiger partial charge in [-0.1, -0.05) is 12.1 Å². The quantitative estimate of drug-likeness (QED) is 0.796. The third-order valence-corrected chi connectivity index (χ3v) is 5.46. The molecule has 1 aliphatic rings. The highest BCUT2D eigenvalue weighted by Crippen LogP contribution is 2.30. The third-order valence-electron chi connectivity index (χ3n) is 4.22. The first kappa shape index (κ1) is 15.0. The first-order valence-electron chi connectivity index (χ1n) is 7.96. The van der Waals surface area contributed by atoms with Gasteiger partial charge in [0.05, 0.1) is 4.88 Å². The van der Waals surface area contributed by atoms with Crippen LogP contribution in [0, 0.1) is 0 Å². The molecule has 0 atom stereocenters. The zero-order valence-electron chi connectivity index (χ0n) is 13.3. The standard InChI is InChI=1S/C17H17N5OS/c1-22-16(19-20-21-22)12-6-4-7-13(9-12)18-17(23)15-10-11-5-2-3-8-14(11)24-15/h4,6-7,9-10H,2-3,5,8H2,1H3,(H,18,23). The Morgan fingerprint density at radius 1 is 1.25 bits per heavy atom. The van der Waals surface area contributed by atoms with Crippen molar-refractivity contribution in [2.24, 2.45) is 7.05 Å². The highest BCUT2D eigenvalue weighted by atomic mass is 32.1. The average Bonchev–Trinajstić information content (AvgIpc) is 3.21. The minimum Gasteiger partial charge on any atom is -0.321 e. The van der Waals surface area contributed by atoms with Crippen LogP contribution in [0.4, 0.5) is 5.69 Å². The van der Waals surface area contributed by atoms with E-state index in [0.29, 0.717) is 5.82 Å². The lowest BCUT2D eigenvalue weighted by Crippen LogP contribution is -2.10. The van der Waals surface area contributed by atoms with Gasteiger partial charge in [0, 0.05) is 23.2 Å². The van der Waals surface area contributed by atoms with Crippen molar-refractivity contribution in [3.63, 3.8) is 0 Å². The maximum atomic E-state index is 12.6. The molecule has 1 aromatic carbocycles. The van der Waals surface area contributed by atoms with Gasteiger partial charge in [-0.2, -0.15) is 0 Å². The minimum absolute atomic E-state index is 0.0531. The fraction of sp³-hybridized carbons (Fsp3) is 0.294. The van der Waals surface area contributed by atoms with Crippen LogP contribution in [0.5, 0.6) is 0 Å². The SMILES string of the molecule is Cn1nnnc1-c1cccc(NC(=O)c2cc3c(s2)CCCC3)c1. The van der Waals surface area contributed by atoms with Crippen LogP contribution >= 0.6 is 11.3 Å². The molecule has 0 bridgehead atoms. The monoisotopic (exact) mass is 339 g/mol. The summed E-state index contributed by atoms with van der Waals surface area (Å²) >= 11 is 1.62. The summed E-state index contributed by atoms with van der Waals surface area (Å²) in [5, 5.41) is 14.5. The molecule has 0 saturated carbocycles. The van der Waals surface area contributed by atoms with Crippen molar-refractivity contribution in [1.29, 1.82) is 0 Å². The number of nitrogens with one attached hydrogen (secondary N) is 1. The number of aromatic nitrogens is 4. The summed E-state index contributed by atoms with van der Waals surface area (Å²) in [4.78, 5) is 14.7. The van der Waals surface area contributed by atoms with Crippen LogP contribution in [0.3, 0.4) is 0 Å². The van der Waals surface area contributed by atoms with E-state index in [0.717, 1.165) is 29.0 Å². The molecule has 2 heterocycles. The largest absolute Gasteiger partial charge is 0.321 e. The van der Waals surface area contributed by atoms with Crippen LogP contribution in [0.15, 0.2) is 30.3 Å². The number of benzene rings is 1. The Balaban J connectivity index is 1.56. The molecule has 3 aromatic rings. The van der Waals surface area contributed by atoms with Gasteiger partial charge in [-0.05, 0) is 59.9 Å². The van der Waals surface area contributed by atoms with E-state index in [2.05, 4.69) is 20.8 Å². The number of carbonyl (C=O) groups is 1. The number of nitrogens with zero attached hydrogens (tertiary/aromatic N) is 4. The molecule has 1 aliphatic carbocycles.